The van der Waals surface area contributed by atoms with Gasteiger partial charge in [0.25, 0.3) is 5.89 Å². The molecule has 0 saturated heterocycles. The number of nitro benzene ring substituents is 1. The Kier molecular flexibility index (Phi) is 4.34. The highest BCUT2D eigenvalue weighted by Crippen LogP contribution is 2.39. The van der Waals surface area contributed by atoms with Crippen molar-refractivity contribution in [3.63, 3.8) is 0 Å². The number of benzene rings is 2. The molecule has 0 aliphatic rings. The van der Waals surface area contributed by atoms with Gasteiger partial charge in [-0.1, -0.05) is 42.4 Å². The zero-order valence-corrected chi connectivity index (χ0v) is 13.3. The Morgan fingerprint density at radius 1 is 1.24 bits per heavy atom. The number of aromatic nitrogens is 2. The highest BCUT2D eigenvalue weighted by molar-refractivity contribution is 5.67. The molecule has 0 bridgehead atoms. The molecule has 0 aliphatic carbocycles. The Hall–Kier alpha value is -3.42. The summed E-state index contributed by atoms with van der Waals surface area (Å²) in [4.78, 5) is 14.5. The van der Waals surface area contributed by atoms with Gasteiger partial charge in [0.05, 0.1) is 10.5 Å². The minimum Gasteiger partial charge on any atom is -0.504 e. The van der Waals surface area contributed by atoms with Crippen molar-refractivity contribution in [3.05, 3.63) is 64.0 Å². The highest BCUT2D eigenvalue weighted by Gasteiger charge is 2.24. The summed E-state index contributed by atoms with van der Waals surface area (Å²) in [6, 6.07) is 11.9. The van der Waals surface area contributed by atoms with E-state index in [0.29, 0.717) is 5.82 Å². The molecule has 0 aliphatic heterocycles. The first-order chi connectivity index (χ1) is 12.0. The summed E-state index contributed by atoms with van der Waals surface area (Å²) in [5.41, 5.74) is 0.547. The van der Waals surface area contributed by atoms with Crippen LogP contribution in [0, 0.1) is 10.1 Å². The van der Waals surface area contributed by atoms with Gasteiger partial charge in [0.2, 0.25) is 5.75 Å². The number of nitro groups is 1. The van der Waals surface area contributed by atoms with Gasteiger partial charge in [0.15, 0.2) is 11.6 Å². The Labute approximate surface area is 142 Å². The van der Waals surface area contributed by atoms with Crippen LogP contribution in [0.5, 0.6) is 11.5 Å². The topological polar surface area (TPSA) is 123 Å². The number of phenolic OH excluding ortho intramolecular Hbond substituents is 2. The monoisotopic (exact) mass is 341 g/mol. The molecule has 3 rings (SSSR count). The van der Waals surface area contributed by atoms with E-state index in [1.165, 1.54) is 0 Å². The summed E-state index contributed by atoms with van der Waals surface area (Å²) in [5, 5.41) is 34.2. The molecule has 1 unspecified atom stereocenters. The standard InChI is InChI=1S/C17H15N3O5/c1-2-12(10-6-4-3-5-7-10)16-18-17(25-19-16)11-8-13(20(23)24)15(22)14(21)9-11/h3-9,12,21-22H,2H2,1H3. The molecule has 25 heavy (non-hydrogen) atoms. The molecule has 2 aromatic carbocycles. The minimum atomic E-state index is -0.802. The van der Waals surface area contributed by atoms with Gasteiger partial charge >= 0.3 is 5.69 Å². The summed E-state index contributed by atoms with van der Waals surface area (Å²) >= 11 is 0. The number of hydrogen-bond donors (Lipinski definition) is 2. The molecule has 128 valence electrons. The molecule has 0 fully saturated rings. The van der Waals surface area contributed by atoms with Gasteiger partial charge in [0.1, 0.15) is 0 Å². The fourth-order valence-electron chi connectivity index (χ4n) is 2.61. The van der Waals surface area contributed by atoms with Crippen LogP contribution in [0.3, 0.4) is 0 Å². The number of rotatable bonds is 5. The molecule has 0 amide bonds. The van der Waals surface area contributed by atoms with E-state index in [-0.39, 0.29) is 17.4 Å². The third kappa shape index (κ3) is 3.14. The van der Waals surface area contributed by atoms with Gasteiger partial charge in [-0.25, -0.2) is 0 Å². The molecule has 1 atom stereocenters. The van der Waals surface area contributed by atoms with Crippen LogP contribution in [0.1, 0.15) is 30.7 Å². The van der Waals surface area contributed by atoms with Crippen LogP contribution in [0.4, 0.5) is 5.69 Å². The smallest absolute Gasteiger partial charge is 0.315 e. The van der Waals surface area contributed by atoms with Crippen molar-refractivity contribution in [1.29, 1.82) is 0 Å². The molecule has 2 N–H and O–H groups in total. The Morgan fingerprint density at radius 2 is 1.96 bits per heavy atom. The van der Waals surface area contributed by atoms with E-state index in [4.69, 9.17) is 4.52 Å². The van der Waals surface area contributed by atoms with Gasteiger partial charge in [-0.3, -0.25) is 10.1 Å². The third-order valence-corrected chi connectivity index (χ3v) is 3.88. The molecular formula is C17H15N3O5. The first-order valence-corrected chi connectivity index (χ1v) is 7.60. The van der Waals surface area contributed by atoms with Crippen molar-refractivity contribution < 1.29 is 19.7 Å². The Balaban J connectivity index is 2.00. The minimum absolute atomic E-state index is 0.0304. The lowest BCUT2D eigenvalue weighted by atomic mass is 9.96. The fraction of sp³-hybridized carbons (Fsp3) is 0.176. The molecule has 8 nitrogen and oxygen atoms in total. The van der Waals surface area contributed by atoms with Crippen molar-refractivity contribution in [2.45, 2.75) is 19.3 Å². The Bertz CT molecular complexity index is 908. The highest BCUT2D eigenvalue weighted by atomic mass is 16.6. The second-order valence-corrected chi connectivity index (χ2v) is 5.45. The van der Waals surface area contributed by atoms with Crippen LogP contribution < -0.4 is 0 Å². The van der Waals surface area contributed by atoms with Crippen molar-refractivity contribution >= 4 is 5.69 Å². The molecule has 1 aromatic heterocycles. The molecule has 3 aromatic rings. The lowest BCUT2D eigenvalue weighted by Gasteiger charge is -2.10. The SMILES string of the molecule is CCC(c1ccccc1)c1noc(-c2cc(O)c(O)c([N+](=O)[O-])c2)n1. The zero-order chi connectivity index (χ0) is 18.0. The predicted molar refractivity (Wildman–Crippen MR) is 88.3 cm³/mol. The quantitative estimate of drug-likeness (QED) is 0.413. The van der Waals surface area contributed by atoms with Gasteiger partial charge in [-0.05, 0) is 18.1 Å². The summed E-state index contributed by atoms with van der Waals surface area (Å²) in [5.74, 6) is -1.04. The third-order valence-electron chi connectivity index (χ3n) is 3.88. The summed E-state index contributed by atoms with van der Waals surface area (Å²) in [7, 11) is 0. The first-order valence-electron chi connectivity index (χ1n) is 7.60. The first kappa shape index (κ1) is 16.4. The maximum Gasteiger partial charge on any atom is 0.315 e. The van der Waals surface area contributed by atoms with E-state index in [0.717, 1.165) is 24.1 Å². The van der Waals surface area contributed by atoms with Crippen LogP contribution >= 0.6 is 0 Å². The average molecular weight is 341 g/mol. The normalized spacial score (nSPS) is 12.0. The van der Waals surface area contributed by atoms with Crippen molar-refractivity contribution in [1.82, 2.24) is 10.1 Å². The maximum absolute atomic E-state index is 11.0. The van der Waals surface area contributed by atoms with Crippen molar-refractivity contribution in [3.8, 4) is 23.0 Å². The van der Waals surface area contributed by atoms with Crippen LogP contribution in [0.15, 0.2) is 47.0 Å². The van der Waals surface area contributed by atoms with Gasteiger partial charge in [-0.2, -0.15) is 4.98 Å². The van der Waals surface area contributed by atoms with Crippen LogP contribution in [0.2, 0.25) is 0 Å². The van der Waals surface area contributed by atoms with Gasteiger partial charge in [-0.15, -0.1) is 0 Å². The predicted octanol–water partition coefficient (Wildman–Crippen LogP) is 3.60. The second kappa shape index (κ2) is 6.60. The fourth-order valence-corrected chi connectivity index (χ4v) is 2.61. The Morgan fingerprint density at radius 3 is 2.60 bits per heavy atom. The maximum atomic E-state index is 11.0. The number of phenols is 2. The molecule has 0 spiro atoms. The van der Waals surface area contributed by atoms with Crippen molar-refractivity contribution in [2.24, 2.45) is 0 Å². The summed E-state index contributed by atoms with van der Waals surface area (Å²) < 4.78 is 5.21. The number of hydrogen-bond acceptors (Lipinski definition) is 7. The largest absolute Gasteiger partial charge is 0.504 e. The van der Waals surface area contributed by atoms with Crippen molar-refractivity contribution in [2.75, 3.05) is 0 Å². The summed E-state index contributed by atoms with van der Waals surface area (Å²) in [6.45, 7) is 1.99. The van der Waals surface area contributed by atoms with E-state index >= 15 is 0 Å². The molecule has 0 radical (unpaired) electrons. The van der Waals surface area contributed by atoms with E-state index in [2.05, 4.69) is 10.1 Å². The van der Waals surface area contributed by atoms with Gasteiger partial charge in [0, 0.05) is 12.0 Å². The van der Waals surface area contributed by atoms with E-state index in [1.54, 1.807) is 0 Å². The molecular weight excluding hydrogens is 326 g/mol. The molecule has 1 heterocycles. The number of aromatic hydroxyl groups is 2. The van der Waals surface area contributed by atoms with Crippen LogP contribution in [-0.2, 0) is 0 Å². The van der Waals surface area contributed by atoms with E-state index < -0.39 is 22.1 Å². The lowest BCUT2D eigenvalue weighted by Crippen LogP contribution is -2.01. The van der Waals surface area contributed by atoms with Gasteiger partial charge < -0.3 is 14.7 Å². The molecule has 8 heteroatoms. The molecule has 0 saturated carbocycles. The summed E-state index contributed by atoms with van der Waals surface area (Å²) in [6.07, 6.45) is 0.740. The second-order valence-electron chi connectivity index (χ2n) is 5.45. The zero-order valence-electron chi connectivity index (χ0n) is 13.3. The average Bonchev–Trinajstić information content (AvgIpc) is 3.08. The van der Waals surface area contributed by atoms with Crippen LogP contribution in [-0.4, -0.2) is 25.3 Å². The van der Waals surface area contributed by atoms with E-state index in [1.807, 2.05) is 37.3 Å². The lowest BCUT2D eigenvalue weighted by molar-refractivity contribution is -0.385. The van der Waals surface area contributed by atoms with Crippen LogP contribution in [0.25, 0.3) is 11.5 Å². The van der Waals surface area contributed by atoms with E-state index in [9.17, 15) is 20.3 Å². The number of nitrogens with zero attached hydrogens (tertiary/aromatic N) is 3.